The molecule has 0 fully saturated rings. The van der Waals surface area contributed by atoms with Gasteiger partial charge in [0.15, 0.2) is 0 Å². The topological polar surface area (TPSA) is 59.8 Å². The zero-order valence-corrected chi connectivity index (χ0v) is 16.4. The van der Waals surface area contributed by atoms with E-state index >= 15 is 0 Å². The van der Waals surface area contributed by atoms with Crippen molar-refractivity contribution in [3.05, 3.63) is 65.4 Å². The molecule has 0 aliphatic heterocycles. The van der Waals surface area contributed by atoms with Gasteiger partial charge in [-0.3, -0.25) is 9.48 Å². The third kappa shape index (κ3) is 3.46. The molecule has 1 atom stereocenters. The fraction of sp³-hybridized carbons (Fsp3) is 0.150. The van der Waals surface area contributed by atoms with Crippen molar-refractivity contribution >= 4 is 44.7 Å². The number of anilines is 1. The summed E-state index contributed by atoms with van der Waals surface area (Å²) in [5.41, 5.74) is 3.35. The Balaban J connectivity index is 1.62. The lowest BCUT2D eigenvalue weighted by Gasteiger charge is -2.15. The van der Waals surface area contributed by atoms with E-state index < -0.39 is 6.04 Å². The van der Waals surface area contributed by atoms with Gasteiger partial charge >= 0.3 is 0 Å². The molecule has 2 aromatic carbocycles. The van der Waals surface area contributed by atoms with Crippen LogP contribution in [0.25, 0.3) is 20.8 Å². The number of fused-ring (bicyclic) bond motifs is 1. The van der Waals surface area contributed by atoms with Crippen LogP contribution in [0, 0.1) is 6.92 Å². The van der Waals surface area contributed by atoms with Gasteiger partial charge in [-0.1, -0.05) is 23.7 Å². The molecule has 0 saturated carbocycles. The first-order valence-electron chi connectivity index (χ1n) is 8.49. The summed E-state index contributed by atoms with van der Waals surface area (Å²) in [5.74, 6) is -0.139. The number of thiazole rings is 1. The zero-order chi connectivity index (χ0) is 19.0. The van der Waals surface area contributed by atoms with E-state index in [1.807, 2.05) is 50.2 Å². The summed E-state index contributed by atoms with van der Waals surface area (Å²) in [5, 5.41) is 8.58. The van der Waals surface area contributed by atoms with Gasteiger partial charge in [0.05, 0.1) is 15.2 Å². The van der Waals surface area contributed by atoms with Crippen LogP contribution in [0.15, 0.2) is 54.7 Å². The Morgan fingerprint density at radius 3 is 2.78 bits per heavy atom. The molecule has 0 spiro atoms. The summed E-state index contributed by atoms with van der Waals surface area (Å²) in [6.07, 6.45) is 1.69. The summed E-state index contributed by atoms with van der Waals surface area (Å²) in [7, 11) is 0. The smallest absolute Gasteiger partial charge is 0.248 e. The number of nitrogens with zero attached hydrogens (tertiary/aromatic N) is 3. The molecule has 2 heterocycles. The van der Waals surface area contributed by atoms with Crippen molar-refractivity contribution in [2.45, 2.75) is 19.9 Å². The van der Waals surface area contributed by atoms with Crippen molar-refractivity contribution in [3.63, 3.8) is 0 Å². The first-order chi connectivity index (χ1) is 13.0. The minimum absolute atomic E-state index is 0.139. The molecule has 4 aromatic rings. The highest BCUT2D eigenvalue weighted by atomic mass is 35.5. The largest absolute Gasteiger partial charge is 0.324 e. The first-order valence-corrected chi connectivity index (χ1v) is 9.69. The third-order valence-corrected chi connectivity index (χ3v) is 5.77. The van der Waals surface area contributed by atoms with Gasteiger partial charge in [0.2, 0.25) is 5.91 Å². The fourth-order valence-corrected chi connectivity index (χ4v) is 4.16. The number of nitrogens with one attached hydrogen (secondary N) is 1. The normalized spacial score (nSPS) is 12.3. The summed E-state index contributed by atoms with van der Waals surface area (Å²) >= 11 is 7.98. The van der Waals surface area contributed by atoms with Crippen LogP contribution in [-0.4, -0.2) is 20.7 Å². The molecule has 0 bridgehead atoms. The number of carbonyl (C=O) groups excluding carboxylic acids is 1. The zero-order valence-electron chi connectivity index (χ0n) is 14.8. The van der Waals surface area contributed by atoms with Crippen LogP contribution in [0.2, 0.25) is 5.02 Å². The average Bonchev–Trinajstić information content (AvgIpc) is 3.28. The SMILES string of the molecule is Cc1ccnn1[C@H](C)C(=O)Nc1ccc(Cl)c(-c2nc3ccccc3s2)c1. The van der Waals surface area contributed by atoms with E-state index in [0.717, 1.165) is 26.5 Å². The average molecular weight is 397 g/mol. The number of carbonyl (C=O) groups is 1. The summed E-state index contributed by atoms with van der Waals surface area (Å²) in [6, 6.07) is 14.8. The summed E-state index contributed by atoms with van der Waals surface area (Å²) in [6.45, 7) is 3.74. The van der Waals surface area contributed by atoms with Gasteiger partial charge in [-0.2, -0.15) is 5.10 Å². The van der Waals surface area contributed by atoms with Gasteiger partial charge in [-0.15, -0.1) is 11.3 Å². The van der Waals surface area contributed by atoms with Gasteiger partial charge in [0.25, 0.3) is 0 Å². The lowest BCUT2D eigenvalue weighted by molar-refractivity contribution is -0.119. The van der Waals surface area contributed by atoms with Crippen molar-refractivity contribution in [2.24, 2.45) is 0 Å². The van der Waals surface area contributed by atoms with E-state index in [2.05, 4.69) is 15.4 Å². The number of rotatable bonds is 4. The van der Waals surface area contributed by atoms with E-state index in [9.17, 15) is 4.79 Å². The van der Waals surface area contributed by atoms with Crippen LogP contribution in [0.4, 0.5) is 5.69 Å². The maximum Gasteiger partial charge on any atom is 0.248 e. The van der Waals surface area contributed by atoms with Crippen LogP contribution >= 0.6 is 22.9 Å². The highest BCUT2D eigenvalue weighted by molar-refractivity contribution is 7.21. The van der Waals surface area contributed by atoms with Crippen LogP contribution in [0.5, 0.6) is 0 Å². The molecule has 0 aliphatic rings. The Labute approximate surface area is 165 Å². The molecule has 1 N–H and O–H groups in total. The third-order valence-electron chi connectivity index (χ3n) is 4.37. The van der Waals surface area contributed by atoms with Crippen LogP contribution in [-0.2, 0) is 4.79 Å². The Morgan fingerprint density at radius 1 is 1.22 bits per heavy atom. The molecule has 136 valence electrons. The van der Waals surface area contributed by atoms with E-state index in [-0.39, 0.29) is 5.91 Å². The van der Waals surface area contributed by atoms with Crippen molar-refractivity contribution < 1.29 is 4.79 Å². The maximum absolute atomic E-state index is 12.6. The molecule has 27 heavy (non-hydrogen) atoms. The number of aromatic nitrogens is 3. The van der Waals surface area contributed by atoms with Crippen LogP contribution < -0.4 is 5.32 Å². The fourth-order valence-electron chi connectivity index (χ4n) is 2.90. The highest BCUT2D eigenvalue weighted by Crippen LogP contribution is 2.36. The minimum Gasteiger partial charge on any atom is -0.324 e. The second-order valence-corrected chi connectivity index (χ2v) is 7.70. The lowest BCUT2D eigenvalue weighted by atomic mass is 10.2. The van der Waals surface area contributed by atoms with E-state index in [1.165, 1.54) is 0 Å². The van der Waals surface area contributed by atoms with Gasteiger partial charge in [0, 0.05) is 23.1 Å². The van der Waals surface area contributed by atoms with Crippen molar-refractivity contribution in [2.75, 3.05) is 5.32 Å². The number of halogens is 1. The van der Waals surface area contributed by atoms with Crippen molar-refractivity contribution in [1.29, 1.82) is 0 Å². The molecule has 0 aliphatic carbocycles. The predicted molar refractivity (Wildman–Crippen MR) is 110 cm³/mol. The van der Waals surface area contributed by atoms with Gasteiger partial charge in [-0.05, 0) is 50.2 Å². The number of hydrogen-bond donors (Lipinski definition) is 1. The van der Waals surface area contributed by atoms with E-state index in [1.54, 1.807) is 34.3 Å². The predicted octanol–water partition coefficient (Wildman–Crippen LogP) is 5.32. The molecule has 5 nitrogen and oxygen atoms in total. The monoisotopic (exact) mass is 396 g/mol. The van der Waals surface area contributed by atoms with E-state index in [4.69, 9.17) is 11.6 Å². The first kappa shape index (κ1) is 17.7. The minimum atomic E-state index is -0.415. The van der Waals surface area contributed by atoms with Crippen molar-refractivity contribution in [3.8, 4) is 10.6 Å². The van der Waals surface area contributed by atoms with Gasteiger partial charge in [-0.25, -0.2) is 4.98 Å². The second-order valence-electron chi connectivity index (χ2n) is 6.26. The molecule has 1 amide bonds. The molecule has 0 saturated heterocycles. The van der Waals surface area contributed by atoms with Crippen molar-refractivity contribution in [1.82, 2.24) is 14.8 Å². The number of para-hydroxylation sites is 1. The Morgan fingerprint density at radius 2 is 2.04 bits per heavy atom. The Bertz CT molecular complexity index is 1100. The summed E-state index contributed by atoms with van der Waals surface area (Å²) < 4.78 is 2.79. The number of aryl methyl sites for hydroxylation is 1. The molecular weight excluding hydrogens is 380 g/mol. The molecule has 4 rings (SSSR count). The van der Waals surface area contributed by atoms with Crippen LogP contribution in [0.3, 0.4) is 0 Å². The number of amides is 1. The molecule has 7 heteroatoms. The van der Waals surface area contributed by atoms with E-state index in [0.29, 0.717) is 10.7 Å². The van der Waals surface area contributed by atoms with Gasteiger partial charge < -0.3 is 5.32 Å². The molecule has 0 unspecified atom stereocenters. The standard InChI is InChI=1S/C20H17ClN4OS/c1-12-9-10-22-25(12)13(2)19(26)23-14-7-8-16(21)15(11-14)20-24-17-5-3-4-6-18(17)27-20/h3-11,13H,1-2H3,(H,23,26)/t13-/m1/s1. The summed E-state index contributed by atoms with van der Waals surface area (Å²) in [4.78, 5) is 17.3. The Hall–Kier alpha value is -2.70. The molecule has 2 aromatic heterocycles. The van der Waals surface area contributed by atoms with Crippen LogP contribution in [0.1, 0.15) is 18.7 Å². The number of benzene rings is 2. The lowest BCUT2D eigenvalue weighted by Crippen LogP contribution is -2.25. The quantitative estimate of drug-likeness (QED) is 0.507. The Kier molecular flexibility index (Phi) is 4.68. The molecule has 0 radical (unpaired) electrons. The highest BCUT2D eigenvalue weighted by Gasteiger charge is 2.18. The molecular formula is C20H17ClN4OS. The number of hydrogen-bond acceptors (Lipinski definition) is 4. The van der Waals surface area contributed by atoms with Gasteiger partial charge in [0.1, 0.15) is 11.0 Å². The maximum atomic E-state index is 12.6. The second kappa shape index (κ2) is 7.13.